The number of aliphatic imine (C=N–C) groups is 1. The Morgan fingerprint density at radius 2 is 1.95 bits per heavy atom. The van der Waals surface area contributed by atoms with E-state index in [0.717, 1.165) is 42.9 Å². The number of carbonyl (C=O) groups is 1. The predicted molar refractivity (Wildman–Crippen MR) is 159 cm³/mol. The van der Waals surface area contributed by atoms with E-state index in [4.69, 9.17) is 5.73 Å². The number of nitrogens with two attached hydrogens (primary N) is 1. The van der Waals surface area contributed by atoms with Crippen LogP contribution in [0.25, 0.3) is 16.6 Å². The summed E-state index contributed by atoms with van der Waals surface area (Å²) < 4.78 is 71.3. The summed E-state index contributed by atoms with van der Waals surface area (Å²) in [6.07, 6.45) is 5.45. The van der Waals surface area contributed by atoms with Crippen molar-refractivity contribution in [1.29, 1.82) is 0 Å². The van der Waals surface area contributed by atoms with E-state index in [1.165, 1.54) is 24.8 Å². The molecule has 0 bridgehead atoms. The summed E-state index contributed by atoms with van der Waals surface area (Å²) in [5.74, 6) is -4.17. The van der Waals surface area contributed by atoms with Crippen LogP contribution in [0.4, 0.5) is 18.9 Å². The number of likely N-dealkylation sites (N-methyl/N-ethyl adjacent to an activating group) is 1. The van der Waals surface area contributed by atoms with Crippen LogP contribution in [0.15, 0.2) is 83.3 Å². The number of carbonyl (C=O) groups excluding carboxylic acids is 1. The van der Waals surface area contributed by atoms with E-state index in [1.54, 1.807) is 6.07 Å². The summed E-state index contributed by atoms with van der Waals surface area (Å²) in [6.45, 7) is 5.22. The van der Waals surface area contributed by atoms with Crippen molar-refractivity contribution in [3.63, 3.8) is 0 Å². The zero-order chi connectivity index (χ0) is 31.3. The third kappa shape index (κ3) is 7.10. The van der Waals surface area contributed by atoms with Gasteiger partial charge in [-0.1, -0.05) is 12.6 Å². The number of nitrogens with one attached hydrogen (secondary N) is 3. The average molecular weight is 612 g/mol. The SMILES string of the molecule is C=C(/N=C\C(=C/N)c1cnc2[nH]cc(C(=O)c3c(F)ccc(NS(=O)(=O)c4cccc(F)c4)c3F)c2c1)NCCN(C)C. The summed E-state index contributed by atoms with van der Waals surface area (Å²) >= 11 is 0. The number of nitrogens with zero attached hydrogens (tertiary/aromatic N) is 3. The van der Waals surface area contributed by atoms with Gasteiger partial charge in [-0.15, -0.1) is 0 Å². The van der Waals surface area contributed by atoms with Crippen LogP contribution >= 0.6 is 0 Å². The summed E-state index contributed by atoms with van der Waals surface area (Å²) in [7, 11) is -0.599. The van der Waals surface area contributed by atoms with Gasteiger partial charge < -0.3 is 20.9 Å². The summed E-state index contributed by atoms with van der Waals surface area (Å²) in [4.78, 5) is 26.3. The first kappa shape index (κ1) is 31.0. The number of rotatable bonds is 12. The van der Waals surface area contributed by atoms with Gasteiger partial charge in [0, 0.05) is 60.0 Å². The number of hydrogen-bond donors (Lipinski definition) is 4. The van der Waals surface area contributed by atoms with Crippen LogP contribution in [-0.2, 0) is 10.0 Å². The van der Waals surface area contributed by atoms with Gasteiger partial charge >= 0.3 is 0 Å². The normalized spacial score (nSPS) is 12.3. The average Bonchev–Trinajstić information content (AvgIpc) is 3.38. The predicted octanol–water partition coefficient (Wildman–Crippen LogP) is 4.00. The standard InChI is InChI=1S/C29H28F3N7O3S/c1-17(34-9-10-39(2)3)35-15-19(13-33)18-11-22-23(16-37-29(22)36-14-18)28(40)26-24(31)7-8-25(27(26)32)38-43(41,42)21-6-4-5-20(30)12-21/h4-8,11-16,34,38H,1,9-10,33H2,2-3H3,(H,36,37)/b19-13+,35-15-. The van der Waals surface area contributed by atoms with Crippen LogP contribution < -0.4 is 15.8 Å². The van der Waals surface area contributed by atoms with Gasteiger partial charge in [0.1, 0.15) is 23.1 Å². The number of sulfonamides is 1. The number of fused-ring (bicyclic) bond motifs is 1. The maximum atomic E-state index is 15.5. The fourth-order valence-electron chi connectivity index (χ4n) is 3.99. The van der Waals surface area contributed by atoms with Crippen molar-refractivity contribution < 1.29 is 26.4 Å². The minimum Gasteiger partial charge on any atom is -0.404 e. The highest BCUT2D eigenvalue weighted by Gasteiger charge is 2.26. The lowest BCUT2D eigenvalue weighted by Gasteiger charge is -2.12. The highest BCUT2D eigenvalue weighted by Crippen LogP contribution is 2.29. The molecule has 0 saturated heterocycles. The van der Waals surface area contributed by atoms with Crippen molar-refractivity contribution in [2.75, 3.05) is 31.9 Å². The molecule has 5 N–H and O–H groups in total. The molecule has 4 aromatic rings. The van der Waals surface area contributed by atoms with Crippen LogP contribution in [-0.4, -0.2) is 62.5 Å². The van der Waals surface area contributed by atoms with Crippen molar-refractivity contribution in [1.82, 2.24) is 20.2 Å². The van der Waals surface area contributed by atoms with Crippen LogP contribution in [0.3, 0.4) is 0 Å². The molecule has 0 aliphatic carbocycles. The Labute approximate surface area is 245 Å². The maximum Gasteiger partial charge on any atom is 0.262 e. The van der Waals surface area contributed by atoms with E-state index in [1.807, 2.05) is 23.7 Å². The molecular weight excluding hydrogens is 583 g/mol. The number of benzene rings is 2. The first-order valence-electron chi connectivity index (χ1n) is 12.7. The van der Waals surface area contributed by atoms with Gasteiger partial charge in [-0.05, 0) is 50.5 Å². The zero-order valence-corrected chi connectivity index (χ0v) is 24.0. The van der Waals surface area contributed by atoms with Gasteiger partial charge in [-0.3, -0.25) is 9.52 Å². The molecule has 0 saturated carbocycles. The number of allylic oxidation sites excluding steroid dienone is 1. The van der Waals surface area contributed by atoms with Gasteiger partial charge in [-0.2, -0.15) is 0 Å². The van der Waals surface area contributed by atoms with E-state index in [-0.39, 0.29) is 16.6 Å². The number of anilines is 1. The van der Waals surface area contributed by atoms with Gasteiger partial charge in [0.25, 0.3) is 10.0 Å². The van der Waals surface area contributed by atoms with Crippen molar-refractivity contribution in [2.45, 2.75) is 4.90 Å². The van der Waals surface area contributed by atoms with Crippen LogP contribution in [0, 0.1) is 17.5 Å². The molecule has 4 rings (SSSR count). The number of hydrogen-bond acceptors (Lipinski definition) is 8. The molecule has 0 radical (unpaired) electrons. The van der Waals surface area contributed by atoms with Gasteiger partial charge in [-0.25, -0.2) is 31.6 Å². The molecule has 0 atom stereocenters. The summed E-state index contributed by atoms with van der Waals surface area (Å²) in [5.41, 5.74) is 5.11. The Bertz CT molecular complexity index is 1870. The lowest BCUT2D eigenvalue weighted by atomic mass is 10.00. The van der Waals surface area contributed by atoms with Crippen LogP contribution in [0.1, 0.15) is 21.5 Å². The highest BCUT2D eigenvalue weighted by atomic mass is 32.2. The number of aromatic amines is 1. The van der Waals surface area contributed by atoms with Gasteiger partial charge in [0.2, 0.25) is 5.78 Å². The Hall–Kier alpha value is -4.95. The minimum absolute atomic E-state index is 0.129. The monoisotopic (exact) mass is 611 g/mol. The second-order valence-electron chi connectivity index (χ2n) is 9.56. The maximum absolute atomic E-state index is 15.5. The minimum atomic E-state index is -4.46. The molecule has 0 amide bonds. The van der Waals surface area contributed by atoms with Gasteiger partial charge in [0.05, 0.1) is 16.1 Å². The molecule has 0 spiro atoms. The molecule has 2 heterocycles. The number of ketones is 1. The molecule has 0 aliphatic rings. The highest BCUT2D eigenvalue weighted by molar-refractivity contribution is 7.92. The molecule has 14 heteroatoms. The smallest absolute Gasteiger partial charge is 0.262 e. The number of H-pyrrole nitrogens is 1. The van der Waals surface area contributed by atoms with E-state index in [0.29, 0.717) is 23.5 Å². The largest absolute Gasteiger partial charge is 0.404 e. The molecule has 0 fully saturated rings. The van der Waals surface area contributed by atoms with Gasteiger partial charge in [0.15, 0.2) is 5.82 Å². The van der Waals surface area contributed by atoms with Crippen molar-refractivity contribution >= 4 is 44.3 Å². The molecular formula is C29H28F3N7O3S. The molecule has 0 aliphatic heterocycles. The van der Waals surface area contributed by atoms with E-state index >= 15 is 4.39 Å². The summed E-state index contributed by atoms with van der Waals surface area (Å²) in [6, 6.07) is 7.16. The third-order valence-electron chi connectivity index (χ3n) is 6.21. The fourth-order valence-corrected chi connectivity index (χ4v) is 5.08. The molecule has 2 aromatic heterocycles. The quantitative estimate of drug-likeness (QED) is 0.140. The Balaban J connectivity index is 1.64. The Morgan fingerprint density at radius 1 is 1.19 bits per heavy atom. The van der Waals surface area contributed by atoms with Crippen molar-refractivity contribution in [3.05, 3.63) is 108 Å². The summed E-state index contributed by atoms with van der Waals surface area (Å²) in [5, 5.41) is 3.28. The van der Waals surface area contributed by atoms with Crippen LogP contribution in [0.2, 0.25) is 0 Å². The molecule has 10 nitrogen and oxygen atoms in total. The topological polar surface area (TPSA) is 146 Å². The Kier molecular flexibility index (Phi) is 9.31. The van der Waals surface area contributed by atoms with Crippen molar-refractivity contribution in [2.24, 2.45) is 10.7 Å². The lowest BCUT2D eigenvalue weighted by Crippen LogP contribution is -2.25. The number of halogens is 3. The number of pyridine rings is 1. The zero-order valence-electron chi connectivity index (χ0n) is 23.2. The second kappa shape index (κ2) is 12.9. The molecule has 43 heavy (non-hydrogen) atoms. The molecule has 2 aromatic carbocycles. The first-order chi connectivity index (χ1) is 20.4. The second-order valence-corrected chi connectivity index (χ2v) is 11.2. The fraction of sp³-hybridized carbons (Fsp3) is 0.138. The van der Waals surface area contributed by atoms with Crippen molar-refractivity contribution in [3.8, 4) is 0 Å². The third-order valence-corrected chi connectivity index (χ3v) is 7.57. The van der Waals surface area contributed by atoms with E-state index in [9.17, 15) is 22.0 Å². The van der Waals surface area contributed by atoms with E-state index < -0.39 is 49.4 Å². The molecule has 0 unspecified atom stereocenters. The molecule has 224 valence electrons. The first-order valence-corrected chi connectivity index (χ1v) is 14.2. The Morgan fingerprint density at radius 3 is 2.65 bits per heavy atom. The van der Waals surface area contributed by atoms with E-state index in [2.05, 4.69) is 26.9 Å². The number of aromatic nitrogens is 2. The van der Waals surface area contributed by atoms with Crippen LogP contribution in [0.5, 0.6) is 0 Å². The lowest BCUT2D eigenvalue weighted by molar-refractivity contribution is 0.103.